The van der Waals surface area contributed by atoms with Crippen molar-refractivity contribution < 1.29 is 14.3 Å². The fourth-order valence-electron chi connectivity index (χ4n) is 2.06. The average Bonchev–Trinajstić information content (AvgIpc) is 2.56. The van der Waals surface area contributed by atoms with Crippen molar-refractivity contribution in [3.63, 3.8) is 0 Å². The molecular formula is C18H20N2O3. The van der Waals surface area contributed by atoms with Crippen LogP contribution >= 0.6 is 0 Å². The van der Waals surface area contributed by atoms with Crippen molar-refractivity contribution in [1.82, 2.24) is 5.32 Å². The highest BCUT2D eigenvalue weighted by Gasteiger charge is 2.06. The van der Waals surface area contributed by atoms with Gasteiger partial charge in [-0.1, -0.05) is 29.8 Å². The second-order valence-electron chi connectivity index (χ2n) is 5.19. The molecule has 5 heteroatoms. The average molecular weight is 312 g/mol. The molecule has 2 amide bonds. The Morgan fingerprint density at radius 1 is 1.00 bits per heavy atom. The minimum Gasteiger partial charge on any atom is -0.465 e. The maximum atomic E-state index is 11.8. The number of carbonyl (C=O) groups excluding carboxylic acids is 2. The van der Waals surface area contributed by atoms with E-state index in [1.54, 1.807) is 24.3 Å². The van der Waals surface area contributed by atoms with Crippen LogP contribution < -0.4 is 10.6 Å². The van der Waals surface area contributed by atoms with Crippen molar-refractivity contribution >= 4 is 17.7 Å². The van der Waals surface area contributed by atoms with Gasteiger partial charge in [-0.2, -0.15) is 0 Å². The number of hydrogen-bond acceptors (Lipinski definition) is 3. The highest BCUT2D eigenvalue weighted by Crippen LogP contribution is 2.10. The molecule has 120 valence electrons. The third-order valence-electron chi connectivity index (χ3n) is 3.38. The topological polar surface area (TPSA) is 67.4 Å². The van der Waals surface area contributed by atoms with E-state index in [9.17, 15) is 9.59 Å². The largest absolute Gasteiger partial charge is 0.465 e. The van der Waals surface area contributed by atoms with E-state index >= 15 is 0 Å². The lowest BCUT2D eigenvalue weighted by Gasteiger charge is -2.08. The standard InChI is InChI=1S/C18H20N2O3/c1-13-3-5-14(6-4-13)11-12-19-18(22)20-16-9-7-15(8-10-16)17(21)23-2/h3-10H,11-12H2,1-2H3,(H2,19,20,22). The Kier molecular flexibility index (Phi) is 5.74. The molecule has 2 aromatic carbocycles. The first-order chi connectivity index (χ1) is 11.1. The molecule has 0 aliphatic carbocycles. The molecule has 0 radical (unpaired) electrons. The number of hydrogen-bond donors (Lipinski definition) is 2. The second-order valence-corrected chi connectivity index (χ2v) is 5.19. The summed E-state index contributed by atoms with van der Waals surface area (Å²) in [7, 11) is 1.33. The molecule has 0 bridgehead atoms. The zero-order chi connectivity index (χ0) is 16.7. The van der Waals surface area contributed by atoms with Crippen LogP contribution in [0.25, 0.3) is 0 Å². The summed E-state index contributed by atoms with van der Waals surface area (Å²) in [6.45, 7) is 2.59. The molecule has 0 spiro atoms. The molecule has 0 saturated heterocycles. The molecule has 0 aliphatic rings. The number of ether oxygens (including phenoxy) is 1. The molecule has 0 saturated carbocycles. The van der Waals surface area contributed by atoms with Gasteiger partial charge >= 0.3 is 12.0 Å². The number of carbonyl (C=O) groups is 2. The van der Waals surface area contributed by atoms with Crippen molar-refractivity contribution in [2.45, 2.75) is 13.3 Å². The quantitative estimate of drug-likeness (QED) is 0.833. The van der Waals surface area contributed by atoms with Gasteiger partial charge in [0.1, 0.15) is 0 Å². The highest BCUT2D eigenvalue weighted by atomic mass is 16.5. The molecule has 0 unspecified atom stereocenters. The van der Waals surface area contributed by atoms with Crippen molar-refractivity contribution in [3.05, 3.63) is 65.2 Å². The van der Waals surface area contributed by atoms with E-state index in [1.165, 1.54) is 18.2 Å². The Balaban J connectivity index is 1.78. The van der Waals surface area contributed by atoms with E-state index in [-0.39, 0.29) is 6.03 Å². The van der Waals surface area contributed by atoms with Crippen LogP contribution in [0.3, 0.4) is 0 Å². The van der Waals surface area contributed by atoms with Gasteiger partial charge in [-0.25, -0.2) is 9.59 Å². The minimum absolute atomic E-state index is 0.275. The van der Waals surface area contributed by atoms with Gasteiger partial charge < -0.3 is 15.4 Å². The van der Waals surface area contributed by atoms with Gasteiger partial charge in [0.05, 0.1) is 12.7 Å². The van der Waals surface area contributed by atoms with Gasteiger partial charge in [0.15, 0.2) is 0 Å². The number of rotatable bonds is 5. The van der Waals surface area contributed by atoms with Gasteiger partial charge in [-0.05, 0) is 43.2 Å². The predicted octanol–water partition coefficient (Wildman–Crippen LogP) is 3.15. The highest BCUT2D eigenvalue weighted by molar-refractivity contribution is 5.92. The monoisotopic (exact) mass is 312 g/mol. The number of methoxy groups -OCH3 is 1. The van der Waals surface area contributed by atoms with Gasteiger partial charge in [0.2, 0.25) is 0 Å². The Bertz CT molecular complexity index is 664. The lowest BCUT2D eigenvalue weighted by Crippen LogP contribution is -2.30. The Hall–Kier alpha value is -2.82. The summed E-state index contributed by atoms with van der Waals surface area (Å²) in [6.07, 6.45) is 0.773. The minimum atomic E-state index is -0.404. The van der Waals surface area contributed by atoms with Crippen LogP contribution in [-0.4, -0.2) is 25.7 Å². The van der Waals surface area contributed by atoms with Crippen LogP contribution in [0, 0.1) is 6.92 Å². The lowest BCUT2D eigenvalue weighted by molar-refractivity contribution is 0.0601. The molecule has 0 heterocycles. The molecule has 2 N–H and O–H groups in total. The third kappa shape index (κ3) is 5.14. The Labute approximate surface area is 135 Å². The van der Waals surface area contributed by atoms with E-state index in [4.69, 9.17) is 0 Å². The Morgan fingerprint density at radius 3 is 2.26 bits per heavy atom. The van der Waals surface area contributed by atoms with Gasteiger partial charge in [-0.3, -0.25) is 0 Å². The van der Waals surface area contributed by atoms with E-state index in [0.29, 0.717) is 17.8 Å². The first-order valence-electron chi connectivity index (χ1n) is 7.37. The number of benzene rings is 2. The van der Waals surface area contributed by atoms with Crippen molar-refractivity contribution in [2.75, 3.05) is 19.0 Å². The molecule has 5 nitrogen and oxygen atoms in total. The van der Waals surface area contributed by atoms with Crippen LogP contribution in [0.4, 0.5) is 10.5 Å². The summed E-state index contributed by atoms with van der Waals surface area (Å²) in [5, 5.41) is 5.52. The van der Waals surface area contributed by atoms with E-state index in [0.717, 1.165) is 6.42 Å². The van der Waals surface area contributed by atoms with Gasteiger partial charge in [0, 0.05) is 12.2 Å². The maximum Gasteiger partial charge on any atom is 0.337 e. The summed E-state index contributed by atoms with van der Waals surface area (Å²) >= 11 is 0. The third-order valence-corrected chi connectivity index (χ3v) is 3.38. The number of anilines is 1. The molecular weight excluding hydrogens is 292 g/mol. The summed E-state index contributed by atoms with van der Waals surface area (Å²) in [6, 6.07) is 14.5. The maximum absolute atomic E-state index is 11.8. The summed E-state index contributed by atoms with van der Waals surface area (Å²) in [5.74, 6) is -0.404. The van der Waals surface area contributed by atoms with Crippen LogP contribution in [0.2, 0.25) is 0 Å². The van der Waals surface area contributed by atoms with E-state index in [1.807, 2.05) is 6.92 Å². The second kappa shape index (κ2) is 7.98. The van der Waals surface area contributed by atoms with E-state index < -0.39 is 5.97 Å². The number of amides is 2. The first-order valence-corrected chi connectivity index (χ1v) is 7.37. The zero-order valence-corrected chi connectivity index (χ0v) is 13.3. The predicted molar refractivity (Wildman–Crippen MR) is 89.7 cm³/mol. The molecule has 0 aliphatic heterocycles. The number of esters is 1. The molecule has 23 heavy (non-hydrogen) atoms. The lowest BCUT2D eigenvalue weighted by atomic mass is 10.1. The molecule has 0 aromatic heterocycles. The smallest absolute Gasteiger partial charge is 0.337 e. The summed E-state index contributed by atoms with van der Waals surface area (Å²) in [5.41, 5.74) is 3.46. The van der Waals surface area contributed by atoms with Crippen molar-refractivity contribution in [2.24, 2.45) is 0 Å². The van der Waals surface area contributed by atoms with Crippen LogP contribution in [0.15, 0.2) is 48.5 Å². The van der Waals surface area contributed by atoms with Crippen LogP contribution in [0.5, 0.6) is 0 Å². The summed E-state index contributed by atoms with van der Waals surface area (Å²) in [4.78, 5) is 23.1. The van der Waals surface area contributed by atoms with Crippen molar-refractivity contribution in [3.8, 4) is 0 Å². The molecule has 0 fully saturated rings. The fourth-order valence-corrected chi connectivity index (χ4v) is 2.06. The number of aryl methyl sites for hydroxylation is 1. The van der Waals surface area contributed by atoms with E-state index in [2.05, 4.69) is 39.6 Å². The summed E-state index contributed by atoms with van der Waals surface area (Å²) < 4.78 is 4.62. The molecule has 2 aromatic rings. The zero-order valence-electron chi connectivity index (χ0n) is 13.3. The van der Waals surface area contributed by atoms with Crippen LogP contribution in [0.1, 0.15) is 21.5 Å². The number of urea groups is 1. The van der Waals surface area contributed by atoms with Crippen LogP contribution in [-0.2, 0) is 11.2 Å². The van der Waals surface area contributed by atoms with Gasteiger partial charge in [-0.15, -0.1) is 0 Å². The number of nitrogens with one attached hydrogen (secondary N) is 2. The SMILES string of the molecule is COC(=O)c1ccc(NC(=O)NCCc2ccc(C)cc2)cc1. The first kappa shape index (κ1) is 16.5. The molecule has 0 atom stereocenters. The fraction of sp³-hybridized carbons (Fsp3) is 0.222. The molecule has 2 rings (SSSR count). The van der Waals surface area contributed by atoms with Crippen molar-refractivity contribution in [1.29, 1.82) is 0 Å². The van der Waals surface area contributed by atoms with Gasteiger partial charge in [0.25, 0.3) is 0 Å². The normalized spacial score (nSPS) is 10.0. The Morgan fingerprint density at radius 2 is 1.65 bits per heavy atom.